The number of thioether (sulfide) groups is 1. The van der Waals surface area contributed by atoms with Crippen LogP contribution in [0.1, 0.15) is 58.3 Å². The molecule has 0 amide bonds. The molecule has 1 aliphatic heterocycles. The Morgan fingerprint density at radius 1 is 1.19 bits per heavy atom. The van der Waals surface area contributed by atoms with Crippen molar-refractivity contribution in [2.24, 2.45) is 0 Å². The topological polar surface area (TPSA) is 9.23 Å². The van der Waals surface area contributed by atoms with E-state index in [9.17, 15) is 0 Å². The molecule has 0 bridgehead atoms. The minimum absolute atomic E-state index is 0.367. The first-order valence-corrected chi connectivity index (χ1v) is 7.71. The summed E-state index contributed by atoms with van der Waals surface area (Å²) in [4.78, 5) is 0. The van der Waals surface area contributed by atoms with E-state index in [2.05, 4.69) is 24.9 Å². The highest BCUT2D eigenvalue weighted by molar-refractivity contribution is 8.00. The lowest BCUT2D eigenvalue weighted by Gasteiger charge is -2.26. The Kier molecular flexibility index (Phi) is 4.63. The summed E-state index contributed by atoms with van der Waals surface area (Å²) in [5.74, 6) is 1.32. The number of hydrogen-bond donors (Lipinski definition) is 0. The molecule has 0 aromatic heterocycles. The molecule has 0 aromatic carbocycles. The molecular formula is C14H24OS. The van der Waals surface area contributed by atoms with E-state index in [0.717, 1.165) is 6.61 Å². The van der Waals surface area contributed by atoms with Crippen LogP contribution in [0.2, 0.25) is 0 Å². The normalized spacial score (nSPS) is 31.2. The van der Waals surface area contributed by atoms with Crippen molar-refractivity contribution in [2.75, 3.05) is 12.4 Å². The maximum absolute atomic E-state index is 5.83. The fraction of sp³-hybridized carbons (Fsp3) is 0.857. The van der Waals surface area contributed by atoms with Gasteiger partial charge >= 0.3 is 0 Å². The largest absolute Gasteiger partial charge is 0.500 e. The van der Waals surface area contributed by atoms with Gasteiger partial charge in [-0.2, -0.15) is 11.8 Å². The van der Waals surface area contributed by atoms with Crippen LogP contribution in [0.15, 0.2) is 11.8 Å². The summed E-state index contributed by atoms with van der Waals surface area (Å²) >= 11 is 2.11. The Balaban J connectivity index is 1.76. The fourth-order valence-electron chi connectivity index (χ4n) is 2.57. The monoisotopic (exact) mass is 240 g/mol. The Morgan fingerprint density at radius 3 is 2.81 bits per heavy atom. The molecule has 1 heterocycles. The molecule has 0 radical (unpaired) electrons. The van der Waals surface area contributed by atoms with Gasteiger partial charge in [0.1, 0.15) is 6.61 Å². The lowest BCUT2D eigenvalue weighted by Crippen LogP contribution is -2.25. The molecule has 2 rings (SSSR count). The molecule has 1 aliphatic carbocycles. The first-order valence-electron chi connectivity index (χ1n) is 6.72. The van der Waals surface area contributed by atoms with E-state index in [0.29, 0.717) is 4.75 Å². The van der Waals surface area contributed by atoms with E-state index in [-0.39, 0.29) is 0 Å². The van der Waals surface area contributed by atoms with Gasteiger partial charge in [-0.15, -0.1) is 0 Å². The van der Waals surface area contributed by atoms with Crippen LogP contribution >= 0.6 is 11.8 Å². The summed E-state index contributed by atoms with van der Waals surface area (Å²) in [6, 6.07) is 0. The summed E-state index contributed by atoms with van der Waals surface area (Å²) < 4.78 is 6.20. The molecule has 16 heavy (non-hydrogen) atoms. The number of hydrogen-bond acceptors (Lipinski definition) is 2. The van der Waals surface area contributed by atoms with E-state index < -0.39 is 0 Å². The van der Waals surface area contributed by atoms with Crippen LogP contribution in [0.5, 0.6) is 0 Å². The van der Waals surface area contributed by atoms with E-state index in [1.54, 1.807) is 0 Å². The summed E-state index contributed by atoms with van der Waals surface area (Å²) in [7, 11) is 0. The van der Waals surface area contributed by atoms with Gasteiger partial charge in [0, 0.05) is 4.75 Å². The third-order valence-electron chi connectivity index (χ3n) is 3.68. The predicted octanol–water partition coefficient (Wildman–Crippen LogP) is 4.53. The number of ether oxygens (including phenoxy) is 1. The van der Waals surface area contributed by atoms with Crippen molar-refractivity contribution in [3.63, 3.8) is 0 Å². The highest BCUT2D eigenvalue weighted by atomic mass is 32.2. The van der Waals surface area contributed by atoms with Crippen molar-refractivity contribution in [1.29, 1.82) is 0 Å². The minimum atomic E-state index is 0.367. The van der Waals surface area contributed by atoms with Crippen molar-refractivity contribution in [1.82, 2.24) is 0 Å². The van der Waals surface area contributed by atoms with Crippen molar-refractivity contribution in [2.45, 2.75) is 63.0 Å². The summed E-state index contributed by atoms with van der Waals surface area (Å²) in [5, 5.41) is 0. The van der Waals surface area contributed by atoms with E-state index in [1.807, 2.05) is 0 Å². The number of allylic oxidation sites excluding steroid dienone is 1. The van der Waals surface area contributed by atoms with Crippen molar-refractivity contribution in [3.8, 4) is 0 Å². The lowest BCUT2D eigenvalue weighted by atomic mass is 10.0. The van der Waals surface area contributed by atoms with Crippen LogP contribution in [0.25, 0.3) is 0 Å². The average molecular weight is 240 g/mol. The highest BCUT2D eigenvalue weighted by Crippen LogP contribution is 2.35. The van der Waals surface area contributed by atoms with Gasteiger partial charge in [0.15, 0.2) is 0 Å². The standard InChI is InChI=1S/C14H24OS/c1-14(9-5-2-6-10-16-14)12-15-11-13-7-3-4-8-13/h11H,2-10,12H2,1H3. The minimum Gasteiger partial charge on any atom is -0.500 e. The molecule has 1 saturated heterocycles. The van der Waals surface area contributed by atoms with E-state index >= 15 is 0 Å². The van der Waals surface area contributed by atoms with Gasteiger partial charge in [-0.05, 0) is 56.8 Å². The zero-order valence-electron chi connectivity index (χ0n) is 10.5. The Morgan fingerprint density at radius 2 is 2.00 bits per heavy atom. The first kappa shape index (κ1) is 12.3. The second kappa shape index (κ2) is 6.00. The molecule has 1 atom stereocenters. The second-order valence-corrected chi connectivity index (χ2v) is 7.09. The van der Waals surface area contributed by atoms with Crippen molar-refractivity contribution < 1.29 is 4.74 Å². The maximum Gasteiger partial charge on any atom is 0.102 e. The van der Waals surface area contributed by atoms with Crippen molar-refractivity contribution in [3.05, 3.63) is 11.8 Å². The van der Waals surface area contributed by atoms with E-state index in [4.69, 9.17) is 4.74 Å². The van der Waals surface area contributed by atoms with Gasteiger partial charge in [0.05, 0.1) is 6.26 Å². The second-order valence-electron chi connectivity index (χ2n) is 5.40. The van der Waals surface area contributed by atoms with Gasteiger partial charge in [0.25, 0.3) is 0 Å². The molecule has 2 aliphatic rings. The molecule has 1 nitrogen and oxygen atoms in total. The van der Waals surface area contributed by atoms with Gasteiger partial charge in [-0.25, -0.2) is 0 Å². The summed E-state index contributed by atoms with van der Waals surface area (Å²) in [6.07, 6.45) is 12.8. The van der Waals surface area contributed by atoms with Crippen LogP contribution in [-0.4, -0.2) is 17.1 Å². The van der Waals surface area contributed by atoms with Crippen LogP contribution in [-0.2, 0) is 4.74 Å². The first-order chi connectivity index (χ1) is 7.79. The predicted molar refractivity (Wildman–Crippen MR) is 71.8 cm³/mol. The third-order valence-corrected chi connectivity index (χ3v) is 5.20. The van der Waals surface area contributed by atoms with Gasteiger partial charge in [0.2, 0.25) is 0 Å². The summed E-state index contributed by atoms with van der Waals surface area (Å²) in [5.41, 5.74) is 1.53. The Hall–Kier alpha value is -0.110. The lowest BCUT2D eigenvalue weighted by molar-refractivity contribution is 0.210. The molecule has 0 aromatic rings. The van der Waals surface area contributed by atoms with E-state index in [1.165, 1.54) is 62.7 Å². The molecule has 92 valence electrons. The maximum atomic E-state index is 5.83. The quantitative estimate of drug-likeness (QED) is 0.670. The SMILES string of the molecule is CC1(COC=C2CCCC2)CCCCCS1. The molecular weight excluding hydrogens is 216 g/mol. The highest BCUT2D eigenvalue weighted by Gasteiger charge is 2.26. The molecule has 2 fully saturated rings. The van der Waals surface area contributed by atoms with Crippen molar-refractivity contribution >= 4 is 11.8 Å². The number of rotatable bonds is 3. The molecule has 2 heteroatoms. The van der Waals surface area contributed by atoms with Gasteiger partial charge in [-0.1, -0.05) is 12.8 Å². The zero-order valence-corrected chi connectivity index (χ0v) is 11.3. The van der Waals surface area contributed by atoms with Crippen LogP contribution in [0.3, 0.4) is 0 Å². The molecule has 0 spiro atoms. The smallest absolute Gasteiger partial charge is 0.102 e. The van der Waals surface area contributed by atoms with Crippen LogP contribution in [0.4, 0.5) is 0 Å². The molecule has 0 N–H and O–H groups in total. The zero-order chi connectivity index (χ0) is 11.3. The van der Waals surface area contributed by atoms with Gasteiger partial charge < -0.3 is 4.74 Å². The van der Waals surface area contributed by atoms with Crippen LogP contribution in [0, 0.1) is 0 Å². The fourth-order valence-corrected chi connectivity index (χ4v) is 3.85. The third kappa shape index (κ3) is 3.73. The van der Waals surface area contributed by atoms with Crippen LogP contribution < -0.4 is 0 Å². The average Bonchev–Trinajstić information content (AvgIpc) is 2.68. The molecule has 1 saturated carbocycles. The Labute approximate surface area is 104 Å². The molecule has 1 unspecified atom stereocenters. The van der Waals surface area contributed by atoms with Gasteiger partial charge in [-0.3, -0.25) is 0 Å². The Bertz CT molecular complexity index is 231. The summed E-state index contributed by atoms with van der Waals surface area (Å²) in [6.45, 7) is 3.28.